The van der Waals surface area contributed by atoms with Crippen LogP contribution >= 0.6 is 11.6 Å². The largest absolute Gasteiger partial charge is 0.497 e. The van der Waals surface area contributed by atoms with Gasteiger partial charge in [0.1, 0.15) is 5.75 Å². The van der Waals surface area contributed by atoms with Crippen LogP contribution in [0.25, 0.3) is 0 Å². The first-order chi connectivity index (χ1) is 9.08. The Labute approximate surface area is 120 Å². The first-order valence-corrected chi connectivity index (χ1v) is 7.10. The minimum absolute atomic E-state index is 0.159. The van der Waals surface area contributed by atoms with Crippen molar-refractivity contribution < 1.29 is 9.53 Å². The molecule has 1 aromatic carbocycles. The molecule has 0 heterocycles. The van der Waals surface area contributed by atoms with E-state index in [0.717, 1.165) is 17.7 Å². The van der Waals surface area contributed by atoms with Gasteiger partial charge >= 0.3 is 0 Å². The van der Waals surface area contributed by atoms with Crippen molar-refractivity contribution >= 4 is 17.5 Å². The van der Waals surface area contributed by atoms with Crippen LogP contribution < -0.4 is 4.74 Å². The lowest BCUT2D eigenvalue weighted by Crippen LogP contribution is -2.38. The van der Waals surface area contributed by atoms with E-state index in [1.165, 1.54) is 0 Å². The third-order valence-electron chi connectivity index (χ3n) is 3.06. The second-order valence-corrected chi connectivity index (χ2v) is 5.10. The summed E-state index contributed by atoms with van der Waals surface area (Å²) in [5.41, 5.74) is 1.14. The van der Waals surface area contributed by atoms with E-state index in [1.54, 1.807) is 7.11 Å². The zero-order valence-corrected chi connectivity index (χ0v) is 12.6. The van der Waals surface area contributed by atoms with Crippen molar-refractivity contribution in [3.05, 3.63) is 29.8 Å². The number of hydrogen-bond acceptors (Lipinski definition) is 2. The van der Waals surface area contributed by atoms with Gasteiger partial charge < -0.3 is 9.64 Å². The van der Waals surface area contributed by atoms with Gasteiger partial charge in [0.05, 0.1) is 7.11 Å². The van der Waals surface area contributed by atoms with Crippen molar-refractivity contribution in [2.24, 2.45) is 0 Å². The molecule has 0 atom stereocenters. The molecule has 0 aliphatic rings. The van der Waals surface area contributed by atoms with Crippen molar-refractivity contribution in [2.75, 3.05) is 19.5 Å². The molecular weight excluding hydrogens is 262 g/mol. The third-order valence-corrected chi connectivity index (χ3v) is 3.22. The fourth-order valence-electron chi connectivity index (χ4n) is 1.95. The summed E-state index contributed by atoms with van der Waals surface area (Å²) in [4.78, 5) is 13.9. The Morgan fingerprint density at radius 1 is 1.32 bits per heavy atom. The second-order valence-electron chi connectivity index (χ2n) is 4.72. The van der Waals surface area contributed by atoms with Crippen molar-refractivity contribution in [3.63, 3.8) is 0 Å². The van der Waals surface area contributed by atoms with Crippen LogP contribution in [0.3, 0.4) is 0 Å². The number of hydrogen-bond donors (Lipinski definition) is 0. The molecule has 19 heavy (non-hydrogen) atoms. The van der Waals surface area contributed by atoms with E-state index in [9.17, 15) is 4.79 Å². The molecule has 1 amide bonds. The molecule has 0 N–H and O–H groups in total. The van der Waals surface area contributed by atoms with Crippen LogP contribution in [0.15, 0.2) is 24.3 Å². The number of aryl methyl sites for hydroxylation is 1. The van der Waals surface area contributed by atoms with Crippen LogP contribution in [0.4, 0.5) is 0 Å². The van der Waals surface area contributed by atoms with E-state index >= 15 is 0 Å². The number of halogens is 1. The van der Waals surface area contributed by atoms with E-state index in [0.29, 0.717) is 18.8 Å². The van der Waals surface area contributed by atoms with Gasteiger partial charge in [-0.2, -0.15) is 0 Å². The first kappa shape index (κ1) is 15.8. The number of rotatable bonds is 7. The highest BCUT2D eigenvalue weighted by atomic mass is 35.5. The lowest BCUT2D eigenvalue weighted by Gasteiger charge is -2.26. The number of benzene rings is 1. The topological polar surface area (TPSA) is 29.5 Å². The van der Waals surface area contributed by atoms with Crippen LogP contribution in [0.1, 0.15) is 25.8 Å². The fourth-order valence-corrected chi connectivity index (χ4v) is 2.13. The minimum Gasteiger partial charge on any atom is -0.497 e. The minimum atomic E-state index is 0.159. The Hall–Kier alpha value is -1.22. The molecule has 106 valence electrons. The molecule has 1 aromatic rings. The summed E-state index contributed by atoms with van der Waals surface area (Å²) in [5.74, 6) is 1.47. The molecule has 0 saturated heterocycles. The van der Waals surface area contributed by atoms with Gasteiger partial charge in [-0.1, -0.05) is 12.1 Å². The van der Waals surface area contributed by atoms with Crippen LogP contribution in [0, 0.1) is 0 Å². The molecule has 0 aromatic heterocycles. The highest BCUT2D eigenvalue weighted by Gasteiger charge is 2.15. The van der Waals surface area contributed by atoms with Gasteiger partial charge in [-0.25, -0.2) is 0 Å². The van der Waals surface area contributed by atoms with Gasteiger partial charge in [-0.3, -0.25) is 4.79 Å². The van der Waals surface area contributed by atoms with Crippen molar-refractivity contribution in [3.8, 4) is 5.75 Å². The number of carbonyl (C=O) groups excluding carboxylic acids is 1. The number of carbonyl (C=O) groups is 1. The number of amides is 1. The predicted octanol–water partition coefficient (Wildman–Crippen LogP) is 3.10. The molecule has 0 unspecified atom stereocenters. The summed E-state index contributed by atoms with van der Waals surface area (Å²) in [6.45, 7) is 4.64. The normalized spacial score (nSPS) is 10.6. The standard InChI is InChI=1S/C15H22ClNO2/c1-12(2)17(11-10-16)15(18)9-6-13-4-7-14(19-3)8-5-13/h4-5,7-8,12H,6,9-11H2,1-3H3. The Morgan fingerprint density at radius 3 is 2.42 bits per heavy atom. The average molecular weight is 284 g/mol. The Balaban J connectivity index is 2.52. The van der Waals surface area contributed by atoms with Crippen LogP contribution in [-0.4, -0.2) is 36.4 Å². The summed E-state index contributed by atoms with van der Waals surface area (Å²) in [6, 6.07) is 8.01. The molecule has 0 saturated carbocycles. The highest BCUT2D eigenvalue weighted by molar-refractivity contribution is 6.18. The first-order valence-electron chi connectivity index (χ1n) is 6.56. The van der Waals surface area contributed by atoms with E-state index in [1.807, 2.05) is 43.0 Å². The summed E-state index contributed by atoms with van der Waals surface area (Å²) in [5, 5.41) is 0. The molecule has 0 fully saturated rings. The number of ether oxygens (including phenoxy) is 1. The molecule has 4 heteroatoms. The maximum atomic E-state index is 12.1. The molecule has 0 bridgehead atoms. The maximum Gasteiger partial charge on any atom is 0.223 e. The zero-order valence-electron chi connectivity index (χ0n) is 11.9. The monoisotopic (exact) mass is 283 g/mol. The van der Waals surface area contributed by atoms with E-state index < -0.39 is 0 Å². The van der Waals surface area contributed by atoms with E-state index in [4.69, 9.17) is 16.3 Å². The Bertz CT molecular complexity index is 390. The third kappa shape index (κ3) is 5.11. The average Bonchev–Trinajstić information content (AvgIpc) is 2.42. The molecule has 0 aliphatic heterocycles. The van der Waals surface area contributed by atoms with E-state index in [2.05, 4.69) is 0 Å². The summed E-state index contributed by atoms with van der Waals surface area (Å²) >= 11 is 5.73. The van der Waals surface area contributed by atoms with Crippen molar-refractivity contribution in [1.82, 2.24) is 4.90 Å². The van der Waals surface area contributed by atoms with Crippen LogP contribution in [0.5, 0.6) is 5.75 Å². The molecular formula is C15H22ClNO2. The smallest absolute Gasteiger partial charge is 0.223 e. The number of methoxy groups -OCH3 is 1. The van der Waals surface area contributed by atoms with E-state index in [-0.39, 0.29) is 11.9 Å². The van der Waals surface area contributed by atoms with Gasteiger partial charge in [0.2, 0.25) is 5.91 Å². The van der Waals surface area contributed by atoms with Gasteiger partial charge in [0.15, 0.2) is 0 Å². The predicted molar refractivity (Wildman–Crippen MR) is 78.9 cm³/mol. The summed E-state index contributed by atoms with van der Waals surface area (Å²) < 4.78 is 5.11. The molecule has 3 nitrogen and oxygen atoms in total. The Kier molecular flexibility index (Phi) is 6.71. The molecule has 1 rings (SSSR count). The quantitative estimate of drug-likeness (QED) is 0.720. The fraction of sp³-hybridized carbons (Fsp3) is 0.533. The van der Waals surface area contributed by atoms with Gasteiger partial charge in [0.25, 0.3) is 0 Å². The Morgan fingerprint density at radius 2 is 1.95 bits per heavy atom. The lowest BCUT2D eigenvalue weighted by molar-refractivity contribution is -0.132. The number of nitrogens with zero attached hydrogens (tertiary/aromatic N) is 1. The second kappa shape index (κ2) is 8.05. The summed E-state index contributed by atoms with van der Waals surface area (Å²) in [7, 11) is 1.64. The maximum absolute atomic E-state index is 12.1. The lowest BCUT2D eigenvalue weighted by atomic mass is 10.1. The SMILES string of the molecule is COc1ccc(CCC(=O)N(CCCl)C(C)C)cc1. The summed E-state index contributed by atoms with van der Waals surface area (Å²) in [6.07, 6.45) is 1.26. The highest BCUT2D eigenvalue weighted by Crippen LogP contribution is 2.13. The zero-order chi connectivity index (χ0) is 14.3. The molecule has 0 aliphatic carbocycles. The van der Waals surface area contributed by atoms with Gasteiger partial charge in [-0.05, 0) is 38.0 Å². The van der Waals surface area contributed by atoms with Crippen molar-refractivity contribution in [2.45, 2.75) is 32.7 Å². The molecule has 0 spiro atoms. The van der Waals surface area contributed by atoms with Crippen LogP contribution in [0.2, 0.25) is 0 Å². The van der Waals surface area contributed by atoms with Crippen LogP contribution in [-0.2, 0) is 11.2 Å². The molecule has 0 radical (unpaired) electrons. The van der Waals surface area contributed by atoms with Gasteiger partial charge in [-0.15, -0.1) is 11.6 Å². The van der Waals surface area contributed by atoms with Gasteiger partial charge in [0, 0.05) is 24.9 Å². The number of alkyl halides is 1. The van der Waals surface area contributed by atoms with Crippen molar-refractivity contribution in [1.29, 1.82) is 0 Å².